The molecular formula is C23H33BrN2O6. The second-order valence-electron chi connectivity index (χ2n) is 9.24. The second-order valence-corrected chi connectivity index (χ2v) is 10.4. The van der Waals surface area contributed by atoms with E-state index in [0.29, 0.717) is 13.0 Å². The van der Waals surface area contributed by atoms with E-state index in [4.69, 9.17) is 9.47 Å². The molecule has 2 bridgehead atoms. The van der Waals surface area contributed by atoms with Gasteiger partial charge in [-0.3, -0.25) is 14.4 Å². The van der Waals surface area contributed by atoms with Gasteiger partial charge >= 0.3 is 5.97 Å². The van der Waals surface area contributed by atoms with Crippen molar-refractivity contribution in [3.8, 4) is 0 Å². The van der Waals surface area contributed by atoms with Gasteiger partial charge in [-0.2, -0.15) is 0 Å². The molecule has 3 heterocycles. The molecule has 178 valence electrons. The number of alkyl halides is 1. The van der Waals surface area contributed by atoms with Crippen molar-refractivity contribution in [1.29, 1.82) is 0 Å². The minimum absolute atomic E-state index is 0.0244. The molecule has 1 aliphatic carbocycles. The highest BCUT2D eigenvalue weighted by Crippen LogP contribution is 2.60. The van der Waals surface area contributed by atoms with Crippen LogP contribution in [0, 0.1) is 11.8 Å². The molecule has 2 amide bonds. The normalized spacial score (nSPS) is 36.3. The molecule has 4 rings (SSSR count). The second kappa shape index (κ2) is 9.43. The molecule has 0 aromatic rings. The number of fused-ring (bicyclic) bond motifs is 1. The molecule has 3 saturated heterocycles. The minimum Gasteiger partial charge on any atom is -0.466 e. The zero-order chi connectivity index (χ0) is 23.0. The van der Waals surface area contributed by atoms with E-state index in [1.165, 1.54) is 4.90 Å². The standard InChI is InChI=1S/C23H33BrN2O6/c1-3-10-25(14-8-6-5-7-9-14)21(29)19-23-13-15(24)18(32-23)16(22(30)31-4-2)17(23)20(28)26(19)11-12-27/h3,14-19,27H,1,4-13H2,2H3/t15?,16-,17+,18-,19?,23?/m1/s1. The highest BCUT2D eigenvalue weighted by atomic mass is 79.9. The van der Waals surface area contributed by atoms with Crippen LogP contribution in [0.2, 0.25) is 0 Å². The lowest BCUT2D eigenvalue weighted by molar-refractivity contribution is -0.155. The molecular weight excluding hydrogens is 480 g/mol. The van der Waals surface area contributed by atoms with Crippen LogP contribution in [0.25, 0.3) is 0 Å². The molecule has 3 aliphatic heterocycles. The fourth-order valence-corrected chi connectivity index (χ4v) is 7.32. The van der Waals surface area contributed by atoms with E-state index in [0.717, 1.165) is 32.1 Å². The van der Waals surface area contributed by atoms with Crippen LogP contribution in [0.3, 0.4) is 0 Å². The van der Waals surface area contributed by atoms with Crippen molar-refractivity contribution in [2.75, 3.05) is 26.3 Å². The quantitative estimate of drug-likeness (QED) is 0.301. The van der Waals surface area contributed by atoms with Crippen LogP contribution in [0.4, 0.5) is 0 Å². The van der Waals surface area contributed by atoms with Gasteiger partial charge in [0, 0.05) is 24.0 Å². The summed E-state index contributed by atoms with van der Waals surface area (Å²) in [4.78, 5) is 43.6. The van der Waals surface area contributed by atoms with Crippen LogP contribution in [0.1, 0.15) is 45.4 Å². The Balaban J connectivity index is 1.73. The smallest absolute Gasteiger partial charge is 0.312 e. The van der Waals surface area contributed by atoms with E-state index < -0.39 is 35.6 Å². The van der Waals surface area contributed by atoms with Gasteiger partial charge in [0.15, 0.2) is 0 Å². The first-order valence-corrected chi connectivity index (χ1v) is 12.6. The summed E-state index contributed by atoms with van der Waals surface area (Å²) >= 11 is 3.63. The summed E-state index contributed by atoms with van der Waals surface area (Å²) in [6.45, 7) is 5.92. The number of rotatable bonds is 8. The number of hydrogen-bond donors (Lipinski definition) is 1. The first kappa shape index (κ1) is 23.7. The third kappa shape index (κ3) is 3.60. The average Bonchev–Trinajstić information content (AvgIpc) is 3.36. The summed E-state index contributed by atoms with van der Waals surface area (Å²) in [6.07, 6.45) is 6.79. The Morgan fingerprint density at radius 2 is 2.09 bits per heavy atom. The van der Waals surface area contributed by atoms with Gasteiger partial charge in [0.1, 0.15) is 11.6 Å². The van der Waals surface area contributed by atoms with Crippen molar-refractivity contribution in [2.24, 2.45) is 11.8 Å². The number of nitrogens with zero attached hydrogens (tertiary/aromatic N) is 2. The third-order valence-electron chi connectivity index (χ3n) is 7.55. The van der Waals surface area contributed by atoms with Crippen LogP contribution >= 0.6 is 15.9 Å². The number of amides is 2. The van der Waals surface area contributed by atoms with E-state index in [2.05, 4.69) is 22.5 Å². The molecule has 6 atom stereocenters. The fraction of sp³-hybridized carbons (Fsp3) is 0.783. The predicted molar refractivity (Wildman–Crippen MR) is 120 cm³/mol. The first-order valence-electron chi connectivity index (χ1n) is 11.7. The predicted octanol–water partition coefficient (Wildman–Crippen LogP) is 1.64. The number of likely N-dealkylation sites (tertiary alicyclic amines) is 1. The van der Waals surface area contributed by atoms with Crippen LogP contribution in [-0.4, -0.2) is 87.6 Å². The fourth-order valence-electron chi connectivity index (χ4n) is 6.37. The maximum Gasteiger partial charge on any atom is 0.312 e. The van der Waals surface area contributed by atoms with E-state index in [9.17, 15) is 19.5 Å². The molecule has 8 nitrogen and oxygen atoms in total. The molecule has 1 saturated carbocycles. The number of carbonyl (C=O) groups excluding carboxylic acids is 3. The minimum atomic E-state index is -1.10. The van der Waals surface area contributed by atoms with Crippen molar-refractivity contribution in [2.45, 2.75) is 74.1 Å². The maximum atomic E-state index is 14.1. The lowest BCUT2D eigenvalue weighted by atomic mass is 9.70. The zero-order valence-corrected chi connectivity index (χ0v) is 20.2. The van der Waals surface area contributed by atoms with Crippen molar-refractivity contribution in [3.05, 3.63) is 12.7 Å². The molecule has 4 aliphatic rings. The lowest BCUT2D eigenvalue weighted by Crippen LogP contribution is -2.59. The van der Waals surface area contributed by atoms with E-state index in [1.807, 2.05) is 4.90 Å². The Morgan fingerprint density at radius 3 is 2.72 bits per heavy atom. The first-order chi connectivity index (χ1) is 15.4. The summed E-state index contributed by atoms with van der Waals surface area (Å²) in [5, 5.41) is 9.70. The van der Waals surface area contributed by atoms with Gasteiger partial charge in [0.25, 0.3) is 0 Å². The van der Waals surface area contributed by atoms with Crippen molar-refractivity contribution >= 4 is 33.7 Å². The van der Waals surface area contributed by atoms with Gasteiger partial charge < -0.3 is 24.4 Å². The molecule has 3 unspecified atom stereocenters. The van der Waals surface area contributed by atoms with Gasteiger partial charge in [0.2, 0.25) is 11.8 Å². The van der Waals surface area contributed by atoms with Crippen LogP contribution in [0.5, 0.6) is 0 Å². The molecule has 0 aromatic heterocycles. The van der Waals surface area contributed by atoms with Gasteiger partial charge in [-0.1, -0.05) is 41.3 Å². The van der Waals surface area contributed by atoms with Gasteiger partial charge in [-0.25, -0.2) is 0 Å². The largest absolute Gasteiger partial charge is 0.466 e. The summed E-state index contributed by atoms with van der Waals surface area (Å²) < 4.78 is 11.7. The van der Waals surface area contributed by atoms with Crippen LogP contribution < -0.4 is 0 Å². The number of esters is 1. The van der Waals surface area contributed by atoms with Gasteiger partial charge in [0.05, 0.1) is 31.2 Å². The summed E-state index contributed by atoms with van der Waals surface area (Å²) in [5.41, 5.74) is -1.10. The maximum absolute atomic E-state index is 14.1. The monoisotopic (exact) mass is 512 g/mol. The average molecular weight is 513 g/mol. The van der Waals surface area contributed by atoms with Crippen molar-refractivity contribution in [1.82, 2.24) is 9.80 Å². The molecule has 4 fully saturated rings. The van der Waals surface area contributed by atoms with E-state index >= 15 is 0 Å². The van der Waals surface area contributed by atoms with Crippen molar-refractivity contribution in [3.63, 3.8) is 0 Å². The van der Waals surface area contributed by atoms with E-state index in [1.54, 1.807) is 13.0 Å². The number of aliphatic hydroxyl groups is 1. The Kier molecular flexibility index (Phi) is 6.98. The topological polar surface area (TPSA) is 96.4 Å². The zero-order valence-electron chi connectivity index (χ0n) is 18.6. The number of ether oxygens (including phenoxy) is 2. The summed E-state index contributed by atoms with van der Waals surface area (Å²) in [5.74, 6) is -2.49. The number of carbonyl (C=O) groups is 3. The summed E-state index contributed by atoms with van der Waals surface area (Å²) in [7, 11) is 0. The molecule has 9 heteroatoms. The van der Waals surface area contributed by atoms with Crippen LogP contribution in [0.15, 0.2) is 12.7 Å². The van der Waals surface area contributed by atoms with Gasteiger partial charge in [-0.05, 0) is 26.2 Å². The number of β-amino-alcohol motifs (C(OH)–C–C–N with tert-alkyl or cyclic N) is 1. The molecule has 0 radical (unpaired) electrons. The molecule has 32 heavy (non-hydrogen) atoms. The summed E-state index contributed by atoms with van der Waals surface area (Å²) in [6, 6.07) is -0.784. The molecule has 1 N–H and O–H groups in total. The highest BCUT2D eigenvalue weighted by Gasteiger charge is 2.77. The Morgan fingerprint density at radius 1 is 1.38 bits per heavy atom. The number of hydrogen-bond acceptors (Lipinski definition) is 6. The lowest BCUT2D eigenvalue weighted by Gasteiger charge is -2.40. The Hall–Kier alpha value is -1.45. The Bertz CT molecular complexity index is 772. The molecule has 0 aromatic carbocycles. The van der Waals surface area contributed by atoms with E-state index in [-0.39, 0.29) is 42.4 Å². The number of halogens is 1. The third-order valence-corrected chi connectivity index (χ3v) is 8.39. The Labute approximate surface area is 197 Å². The van der Waals surface area contributed by atoms with Crippen LogP contribution in [-0.2, 0) is 23.9 Å². The van der Waals surface area contributed by atoms with Gasteiger partial charge in [-0.15, -0.1) is 6.58 Å². The molecule has 1 spiro atoms. The SMILES string of the molecule is C=CCN(C(=O)C1N(CCO)C(=O)[C@@H]2[C@@H](C(=O)OCC)[C@@H]3OC12CC3Br)C1CCCCC1. The highest BCUT2D eigenvalue weighted by molar-refractivity contribution is 9.09. The number of aliphatic hydroxyl groups excluding tert-OH is 1. The van der Waals surface area contributed by atoms with Crippen molar-refractivity contribution < 1.29 is 29.0 Å².